The lowest BCUT2D eigenvalue weighted by Gasteiger charge is -2.16. The number of rotatable bonds is 5. The van der Waals surface area contributed by atoms with Gasteiger partial charge in [0.25, 0.3) is 0 Å². The summed E-state index contributed by atoms with van der Waals surface area (Å²) in [5, 5.41) is 0. The molecule has 0 fully saturated rings. The number of ketones is 1. The summed E-state index contributed by atoms with van der Waals surface area (Å²) in [6.07, 6.45) is 7.08. The van der Waals surface area contributed by atoms with E-state index in [1.54, 1.807) is 12.5 Å². The first-order valence-corrected chi connectivity index (χ1v) is 5.89. The summed E-state index contributed by atoms with van der Waals surface area (Å²) >= 11 is 0. The van der Waals surface area contributed by atoms with Crippen molar-refractivity contribution >= 4 is 5.78 Å². The molecule has 0 N–H and O–H groups in total. The van der Waals surface area contributed by atoms with Gasteiger partial charge in [-0.05, 0) is 6.42 Å². The fourth-order valence-electron chi connectivity index (χ4n) is 1.94. The van der Waals surface area contributed by atoms with E-state index in [1.807, 2.05) is 41.1 Å². The standard InChI is InChI=1S/C14H16N2O/c1-2-6-13(16-10-9-15-11-16)14(17)12-7-4-3-5-8-12/h3-5,7-11,13H,2,6H2,1H3. The highest BCUT2D eigenvalue weighted by Gasteiger charge is 2.20. The van der Waals surface area contributed by atoms with Gasteiger partial charge in [-0.1, -0.05) is 43.7 Å². The van der Waals surface area contributed by atoms with Crippen LogP contribution in [-0.2, 0) is 0 Å². The lowest BCUT2D eigenvalue weighted by Crippen LogP contribution is -2.18. The fourth-order valence-corrected chi connectivity index (χ4v) is 1.94. The Labute approximate surface area is 101 Å². The van der Waals surface area contributed by atoms with Crippen molar-refractivity contribution < 1.29 is 4.79 Å². The van der Waals surface area contributed by atoms with Crippen LogP contribution in [0.3, 0.4) is 0 Å². The molecule has 0 aliphatic rings. The van der Waals surface area contributed by atoms with Gasteiger partial charge in [0.2, 0.25) is 0 Å². The zero-order valence-electron chi connectivity index (χ0n) is 9.91. The van der Waals surface area contributed by atoms with Gasteiger partial charge in [0, 0.05) is 18.0 Å². The molecule has 2 rings (SSSR count). The molecule has 0 saturated heterocycles. The molecule has 0 aliphatic heterocycles. The van der Waals surface area contributed by atoms with Crippen LogP contribution < -0.4 is 0 Å². The highest BCUT2D eigenvalue weighted by Crippen LogP contribution is 2.19. The number of carbonyl (C=O) groups excluding carboxylic acids is 1. The maximum absolute atomic E-state index is 12.4. The number of benzene rings is 1. The summed E-state index contributed by atoms with van der Waals surface area (Å²) in [4.78, 5) is 16.4. The molecule has 1 unspecified atom stereocenters. The van der Waals surface area contributed by atoms with Crippen LogP contribution in [0.15, 0.2) is 49.1 Å². The van der Waals surface area contributed by atoms with Gasteiger partial charge in [-0.15, -0.1) is 0 Å². The highest BCUT2D eigenvalue weighted by atomic mass is 16.1. The van der Waals surface area contributed by atoms with Crippen LogP contribution >= 0.6 is 0 Å². The number of hydrogen-bond acceptors (Lipinski definition) is 2. The number of hydrogen-bond donors (Lipinski definition) is 0. The van der Waals surface area contributed by atoms with Crippen molar-refractivity contribution in [2.75, 3.05) is 0 Å². The third kappa shape index (κ3) is 2.61. The first kappa shape index (κ1) is 11.6. The average Bonchev–Trinajstić information content (AvgIpc) is 2.90. The molecular weight excluding hydrogens is 212 g/mol. The Hall–Kier alpha value is -1.90. The van der Waals surface area contributed by atoms with Crippen molar-refractivity contribution in [3.63, 3.8) is 0 Å². The maximum Gasteiger partial charge on any atom is 0.185 e. The first-order chi connectivity index (χ1) is 8.33. The second kappa shape index (κ2) is 5.43. The van der Waals surface area contributed by atoms with Crippen molar-refractivity contribution in [2.45, 2.75) is 25.8 Å². The van der Waals surface area contributed by atoms with E-state index in [2.05, 4.69) is 11.9 Å². The van der Waals surface area contributed by atoms with Crippen LogP contribution in [0.5, 0.6) is 0 Å². The van der Waals surface area contributed by atoms with Crippen molar-refractivity contribution in [1.82, 2.24) is 9.55 Å². The number of aromatic nitrogens is 2. The van der Waals surface area contributed by atoms with Gasteiger partial charge in [0.15, 0.2) is 5.78 Å². The fraction of sp³-hybridized carbons (Fsp3) is 0.286. The summed E-state index contributed by atoms with van der Waals surface area (Å²) in [5.41, 5.74) is 0.764. The molecule has 3 nitrogen and oxygen atoms in total. The Morgan fingerprint density at radius 2 is 2.12 bits per heavy atom. The topological polar surface area (TPSA) is 34.9 Å². The van der Waals surface area contributed by atoms with Crippen LogP contribution in [0.25, 0.3) is 0 Å². The van der Waals surface area contributed by atoms with E-state index in [0.29, 0.717) is 0 Å². The summed E-state index contributed by atoms with van der Waals surface area (Å²) in [6.45, 7) is 2.09. The Bertz CT molecular complexity index is 462. The molecule has 1 heterocycles. The maximum atomic E-state index is 12.4. The zero-order chi connectivity index (χ0) is 12.1. The second-order valence-electron chi connectivity index (χ2n) is 4.04. The molecule has 2 aromatic rings. The molecule has 0 aliphatic carbocycles. The van der Waals surface area contributed by atoms with E-state index in [0.717, 1.165) is 18.4 Å². The van der Waals surface area contributed by atoms with E-state index in [-0.39, 0.29) is 11.8 Å². The summed E-state index contributed by atoms with van der Waals surface area (Å²) in [5.74, 6) is 0.158. The van der Waals surface area contributed by atoms with Crippen LogP contribution in [0.4, 0.5) is 0 Å². The number of imidazole rings is 1. The molecule has 0 saturated carbocycles. The van der Waals surface area contributed by atoms with Gasteiger partial charge < -0.3 is 4.57 Å². The predicted octanol–water partition coefficient (Wildman–Crippen LogP) is 3.11. The van der Waals surface area contributed by atoms with Crippen molar-refractivity contribution in [1.29, 1.82) is 0 Å². The Balaban J connectivity index is 2.26. The van der Waals surface area contributed by atoms with E-state index in [4.69, 9.17) is 0 Å². The predicted molar refractivity (Wildman–Crippen MR) is 66.9 cm³/mol. The molecule has 1 aromatic heterocycles. The SMILES string of the molecule is CCCC(C(=O)c1ccccc1)n1ccnc1. The minimum atomic E-state index is -0.134. The van der Waals surface area contributed by atoms with E-state index < -0.39 is 0 Å². The molecule has 17 heavy (non-hydrogen) atoms. The molecular formula is C14H16N2O. The third-order valence-electron chi connectivity index (χ3n) is 2.81. The molecule has 1 aromatic carbocycles. The minimum absolute atomic E-state index is 0.134. The number of nitrogens with zero attached hydrogens (tertiary/aromatic N) is 2. The monoisotopic (exact) mass is 228 g/mol. The van der Waals surface area contributed by atoms with E-state index in [9.17, 15) is 4.79 Å². The smallest absolute Gasteiger partial charge is 0.185 e. The zero-order valence-corrected chi connectivity index (χ0v) is 9.91. The quantitative estimate of drug-likeness (QED) is 0.737. The minimum Gasteiger partial charge on any atom is -0.327 e. The molecule has 1 atom stereocenters. The molecule has 0 radical (unpaired) electrons. The molecule has 88 valence electrons. The normalized spacial score (nSPS) is 12.3. The summed E-state index contributed by atoms with van der Waals surface area (Å²) in [6, 6.07) is 9.30. The summed E-state index contributed by atoms with van der Waals surface area (Å²) in [7, 11) is 0. The second-order valence-corrected chi connectivity index (χ2v) is 4.04. The summed E-state index contributed by atoms with van der Waals surface area (Å²) < 4.78 is 1.89. The highest BCUT2D eigenvalue weighted by molar-refractivity contribution is 5.98. The van der Waals surface area contributed by atoms with E-state index in [1.165, 1.54) is 0 Å². The van der Waals surface area contributed by atoms with Crippen molar-refractivity contribution in [2.24, 2.45) is 0 Å². The van der Waals surface area contributed by atoms with Crippen LogP contribution in [0.1, 0.15) is 36.2 Å². The van der Waals surface area contributed by atoms with Gasteiger partial charge in [-0.2, -0.15) is 0 Å². The largest absolute Gasteiger partial charge is 0.327 e. The van der Waals surface area contributed by atoms with Gasteiger partial charge in [0.05, 0.1) is 12.4 Å². The van der Waals surface area contributed by atoms with Gasteiger partial charge in [-0.25, -0.2) is 4.98 Å². The molecule has 0 bridgehead atoms. The lowest BCUT2D eigenvalue weighted by molar-refractivity contribution is 0.0918. The number of Topliss-reactive ketones (excluding diaryl/α,β-unsaturated/α-hetero) is 1. The number of carbonyl (C=O) groups is 1. The Morgan fingerprint density at radius 1 is 1.35 bits per heavy atom. The van der Waals surface area contributed by atoms with Gasteiger partial charge >= 0.3 is 0 Å². The van der Waals surface area contributed by atoms with E-state index >= 15 is 0 Å². The van der Waals surface area contributed by atoms with Crippen molar-refractivity contribution in [3.05, 3.63) is 54.6 Å². The third-order valence-corrected chi connectivity index (χ3v) is 2.81. The molecule has 3 heteroatoms. The first-order valence-electron chi connectivity index (χ1n) is 5.89. The average molecular weight is 228 g/mol. The molecule has 0 spiro atoms. The lowest BCUT2D eigenvalue weighted by atomic mass is 10.0. The van der Waals surface area contributed by atoms with Crippen molar-refractivity contribution in [3.8, 4) is 0 Å². The molecule has 0 amide bonds. The van der Waals surface area contributed by atoms with Gasteiger partial charge in [0.1, 0.15) is 0 Å². The van der Waals surface area contributed by atoms with Crippen LogP contribution in [0, 0.1) is 0 Å². The van der Waals surface area contributed by atoms with Crippen LogP contribution in [-0.4, -0.2) is 15.3 Å². The Kier molecular flexibility index (Phi) is 3.70. The Morgan fingerprint density at radius 3 is 2.71 bits per heavy atom. The van der Waals surface area contributed by atoms with Gasteiger partial charge in [-0.3, -0.25) is 4.79 Å². The van der Waals surface area contributed by atoms with Crippen LogP contribution in [0.2, 0.25) is 0 Å².